The standard InChI is InChI=1S/C27H35FO8.C22H29FO5.C5H6O3/c1-15-11-19-18-8-7-16-12-17(29)9-10-24(16,2)26(18,28)20(30)13-25(19,3)27(15,35)21(31)14-36-23(34)6-4-5-22(32)33;1-12-8-16-15-5-4-13-9-14(25)6-7-19(13,2)21(15,23)17(26)10-20(16,3)22(12,28)18(27)11-24;6-4-2-1-3-5(7)8-4/h9-10,12,15,18-20,30,35H,4-8,11,13-14H2,1-3H3,(H,32,33);6-7,9,12,15-17,24,26,28H,4-5,8,10-11H2,1-3H3;1-3H2/t15-,18+,19+,20+,24+,25+,26+,27+;12-,15+,16+,17+,19+,20+,21+,22+;/m11./s1. The Labute approximate surface area is 417 Å². The molecule has 0 bridgehead atoms. The van der Waals surface area contributed by atoms with E-state index >= 15 is 8.78 Å². The largest absolute Gasteiger partial charge is 0.481 e. The number of aliphatic hydroxyl groups excluding tert-OH is 3. The van der Waals surface area contributed by atoms with Crippen LogP contribution >= 0.6 is 0 Å². The summed E-state index contributed by atoms with van der Waals surface area (Å²) in [6.45, 7) is 8.95. The number of Topliss-reactive ketones (excluding diaryl/α,β-unsaturated/α-hetero) is 2. The molecule has 16 nitrogen and oxygen atoms in total. The van der Waals surface area contributed by atoms with Gasteiger partial charge in [-0.05, 0) is 126 Å². The van der Waals surface area contributed by atoms with E-state index in [9.17, 15) is 63.9 Å². The van der Waals surface area contributed by atoms with Gasteiger partial charge in [-0.25, -0.2) is 8.78 Å². The Kier molecular flexibility index (Phi) is 14.7. The third-order valence-corrected chi connectivity index (χ3v) is 19.6. The molecule has 9 aliphatic rings. The Morgan fingerprint density at radius 3 is 1.50 bits per heavy atom. The molecule has 18 heteroatoms. The number of hydrogen-bond donors (Lipinski definition) is 6. The Balaban J connectivity index is 0.000000187. The van der Waals surface area contributed by atoms with E-state index in [2.05, 4.69) is 4.74 Å². The zero-order chi connectivity index (χ0) is 53.4. The Morgan fingerprint density at radius 2 is 1.11 bits per heavy atom. The molecule has 9 rings (SSSR count). The van der Waals surface area contributed by atoms with Gasteiger partial charge in [-0.3, -0.25) is 38.4 Å². The lowest BCUT2D eigenvalue weighted by molar-refractivity contribution is -0.220. The summed E-state index contributed by atoms with van der Waals surface area (Å²) in [4.78, 5) is 92.8. The van der Waals surface area contributed by atoms with Crippen LogP contribution in [0.25, 0.3) is 0 Å². The zero-order valence-corrected chi connectivity index (χ0v) is 41.9. The van der Waals surface area contributed by atoms with Crippen molar-refractivity contribution in [3.63, 3.8) is 0 Å². The highest BCUT2D eigenvalue weighted by Gasteiger charge is 2.77. The SMILES string of the molecule is C[C@@H]1C[C@H]2[C@@H]3CCC4=CC(=O)C=C[C@]4(C)[C@@]3(F)[C@@H](O)C[C@]2(C)[C@@]1(O)C(=O)CO.C[C@@H]1C[C@H]2[C@@H]3CCC4=CC(=O)C=C[C@]4(C)[C@@]3(F)[C@@H](O)C[C@]2(C)[C@@]1(O)C(=O)COC(=O)CCCC(=O)O.O=C1CCCC(=O)O1. The number of allylic oxidation sites excluding steroid dienone is 8. The van der Waals surface area contributed by atoms with E-state index in [4.69, 9.17) is 9.84 Å². The van der Waals surface area contributed by atoms with E-state index in [1.165, 1.54) is 24.3 Å². The molecule has 1 aliphatic heterocycles. The van der Waals surface area contributed by atoms with E-state index in [1.54, 1.807) is 53.7 Å². The first-order chi connectivity index (χ1) is 33.5. The summed E-state index contributed by atoms with van der Waals surface area (Å²) in [5.74, 6) is -7.18. The maximum Gasteiger partial charge on any atom is 0.313 e. The highest BCUT2D eigenvalue weighted by atomic mass is 19.1. The Bertz CT molecular complexity index is 2410. The smallest absolute Gasteiger partial charge is 0.313 e. The third-order valence-electron chi connectivity index (χ3n) is 19.6. The number of carbonyl (C=O) groups excluding carboxylic acids is 7. The van der Waals surface area contributed by atoms with Crippen LogP contribution in [0.1, 0.15) is 131 Å². The monoisotopic (exact) mass is 1010 g/mol. The second kappa shape index (κ2) is 19.3. The van der Waals surface area contributed by atoms with E-state index in [1.807, 2.05) is 0 Å². The molecule has 72 heavy (non-hydrogen) atoms. The number of ether oxygens (including phenoxy) is 2. The first-order valence-corrected chi connectivity index (χ1v) is 25.3. The summed E-state index contributed by atoms with van der Waals surface area (Å²) in [5, 5.41) is 63.8. The van der Waals surface area contributed by atoms with Crippen molar-refractivity contribution in [1.82, 2.24) is 0 Å². The zero-order valence-electron chi connectivity index (χ0n) is 41.9. The molecule has 0 aromatic heterocycles. The van der Waals surface area contributed by atoms with Crippen molar-refractivity contribution in [2.45, 2.75) is 166 Å². The molecule has 0 unspecified atom stereocenters. The molecular weight excluding hydrogens is 943 g/mol. The minimum absolute atomic E-state index is 0.0676. The molecule has 6 saturated carbocycles. The van der Waals surface area contributed by atoms with Crippen LogP contribution in [0.5, 0.6) is 0 Å². The number of rotatable bonds is 9. The number of aliphatic hydroxyl groups is 5. The molecule has 0 amide bonds. The number of fused-ring (bicyclic) bond motifs is 10. The van der Waals surface area contributed by atoms with Gasteiger partial charge >= 0.3 is 23.9 Å². The summed E-state index contributed by atoms with van der Waals surface area (Å²) in [6.07, 6.45) is 9.53. The minimum atomic E-state index is -2.07. The van der Waals surface area contributed by atoms with Gasteiger partial charge in [-0.15, -0.1) is 0 Å². The predicted molar refractivity (Wildman–Crippen MR) is 250 cm³/mol. The summed E-state index contributed by atoms with van der Waals surface area (Å²) < 4.78 is 43.3. The first kappa shape index (κ1) is 55.1. The molecule has 0 spiro atoms. The molecule has 396 valence electrons. The minimum Gasteiger partial charge on any atom is -0.481 e. The molecule has 16 atom stereocenters. The average Bonchev–Trinajstić information content (AvgIpc) is 3.64. The molecule has 0 radical (unpaired) electrons. The van der Waals surface area contributed by atoms with Gasteiger partial charge in [-0.1, -0.05) is 51.0 Å². The summed E-state index contributed by atoms with van der Waals surface area (Å²) >= 11 is 0. The van der Waals surface area contributed by atoms with Crippen molar-refractivity contribution in [3.8, 4) is 0 Å². The van der Waals surface area contributed by atoms with E-state index in [0.29, 0.717) is 68.9 Å². The number of alkyl halides is 2. The van der Waals surface area contributed by atoms with Crippen LogP contribution in [0.2, 0.25) is 0 Å². The molecule has 0 aromatic carbocycles. The van der Waals surface area contributed by atoms with Gasteiger partial charge in [0.15, 0.2) is 35.3 Å². The van der Waals surface area contributed by atoms with Crippen LogP contribution in [0.3, 0.4) is 0 Å². The molecule has 7 fully saturated rings. The highest BCUT2D eigenvalue weighted by molar-refractivity contribution is 6.02. The summed E-state index contributed by atoms with van der Waals surface area (Å²) in [7, 11) is 0. The third kappa shape index (κ3) is 8.15. The van der Waals surface area contributed by atoms with E-state index < -0.39 is 123 Å². The second-order valence-electron chi connectivity index (χ2n) is 22.9. The highest BCUT2D eigenvalue weighted by Crippen LogP contribution is 2.72. The van der Waals surface area contributed by atoms with Crippen molar-refractivity contribution < 1.29 is 87.3 Å². The van der Waals surface area contributed by atoms with Crippen molar-refractivity contribution in [3.05, 3.63) is 47.6 Å². The van der Waals surface area contributed by atoms with Gasteiger partial charge in [0.2, 0.25) is 5.78 Å². The number of carboxylic acids is 1. The maximum absolute atomic E-state index is 17.1. The quantitative estimate of drug-likeness (QED) is 0.133. The van der Waals surface area contributed by atoms with E-state index in [-0.39, 0.29) is 61.5 Å². The van der Waals surface area contributed by atoms with Crippen molar-refractivity contribution >= 4 is 47.0 Å². The number of carbonyl (C=O) groups is 8. The molecular formula is C54H70F2O16. The number of halogens is 2. The molecule has 1 heterocycles. The fourth-order valence-electron chi connectivity index (χ4n) is 15.7. The molecule has 6 N–H and O–H groups in total. The molecule has 0 aromatic rings. The fraction of sp³-hybridized carbons (Fsp3) is 0.704. The van der Waals surface area contributed by atoms with Gasteiger partial charge in [0, 0.05) is 59.2 Å². The van der Waals surface area contributed by atoms with Crippen LogP contribution < -0.4 is 0 Å². The van der Waals surface area contributed by atoms with Gasteiger partial charge in [-0.2, -0.15) is 0 Å². The molecule has 1 saturated heterocycles. The summed E-state index contributed by atoms with van der Waals surface area (Å²) in [6, 6.07) is 0. The number of ketones is 4. The Hall–Kier alpha value is -4.62. The lowest BCUT2D eigenvalue weighted by atomic mass is 9.44. The number of aliphatic carboxylic acids is 1. The van der Waals surface area contributed by atoms with Gasteiger partial charge in [0.25, 0.3) is 0 Å². The number of carboxylic acid groups (broad SMARTS) is 1. The average molecular weight is 1010 g/mol. The van der Waals surface area contributed by atoms with Crippen LogP contribution in [0.4, 0.5) is 8.78 Å². The normalized spacial score (nSPS) is 44.3. The van der Waals surface area contributed by atoms with E-state index in [0.717, 1.165) is 0 Å². The fourth-order valence-corrected chi connectivity index (χ4v) is 15.7. The van der Waals surface area contributed by atoms with Gasteiger partial charge in [0.1, 0.15) is 17.8 Å². The lowest BCUT2D eigenvalue weighted by Crippen LogP contribution is -2.69. The predicted octanol–water partition coefficient (Wildman–Crippen LogP) is 4.84. The molecule has 8 aliphatic carbocycles. The number of hydrogen-bond acceptors (Lipinski definition) is 15. The van der Waals surface area contributed by atoms with Crippen LogP contribution in [-0.4, -0.2) is 126 Å². The van der Waals surface area contributed by atoms with Crippen molar-refractivity contribution in [2.75, 3.05) is 13.2 Å². The van der Waals surface area contributed by atoms with Crippen LogP contribution in [0, 0.1) is 57.2 Å². The lowest BCUT2D eigenvalue weighted by Gasteiger charge is -2.62. The van der Waals surface area contributed by atoms with Gasteiger partial charge in [0.05, 0.1) is 12.2 Å². The maximum atomic E-state index is 17.1. The van der Waals surface area contributed by atoms with Crippen LogP contribution in [-0.2, 0) is 47.8 Å². The first-order valence-electron chi connectivity index (χ1n) is 25.3. The Morgan fingerprint density at radius 1 is 0.681 bits per heavy atom. The van der Waals surface area contributed by atoms with Gasteiger partial charge < -0.3 is 40.1 Å². The number of esters is 3. The number of cyclic esters (lactones) is 2. The second-order valence-corrected chi connectivity index (χ2v) is 22.9. The van der Waals surface area contributed by atoms with Crippen LogP contribution in [0.15, 0.2) is 47.6 Å². The summed E-state index contributed by atoms with van der Waals surface area (Å²) in [5.41, 5.74) is -10.8. The van der Waals surface area contributed by atoms with Crippen molar-refractivity contribution in [1.29, 1.82) is 0 Å². The topological polar surface area (TPSA) is 276 Å². The van der Waals surface area contributed by atoms with Crippen molar-refractivity contribution in [2.24, 2.45) is 57.2 Å².